The smallest absolute Gasteiger partial charge is 0.309 e. The molecule has 0 unspecified atom stereocenters. The molecule has 2 aromatic carbocycles. The van der Waals surface area contributed by atoms with Gasteiger partial charge in [-0.15, -0.1) is 0 Å². The Labute approximate surface area is 140 Å². The predicted molar refractivity (Wildman–Crippen MR) is 90.6 cm³/mol. The Morgan fingerprint density at radius 1 is 1.09 bits per heavy atom. The number of nitrogens with zero attached hydrogens (tertiary/aromatic N) is 2. The molecule has 116 valence electrons. The normalized spacial score (nSPS) is 10.8. The van der Waals surface area contributed by atoms with Crippen molar-refractivity contribution in [1.82, 2.24) is 9.78 Å². The van der Waals surface area contributed by atoms with Crippen LogP contribution in [-0.2, 0) is 17.8 Å². The van der Waals surface area contributed by atoms with E-state index in [1.54, 1.807) is 24.3 Å². The third-order valence-electron chi connectivity index (χ3n) is 3.51. The van der Waals surface area contributed by atoms with Gasteiger partial charge in [-0.05, 0) is 23.8 Å². The molecule has 1 aromatic heterocycles. The molecule has 5 nitrogen and oxygen atoms in total. The van der Waals surface area contributed by atoms with Gasteiger partial charge in [0.2, 0.25) is 0 Å². The van der Waals surface area contributed by atoms with Crippen LogP contribution in [0.3, 0.4) is 0 Å². The molecule has 1 heterocycles. The lowest BCUT2D eigenvalue weighted by Gasteiger charge is -2.10. The van der Waals surface area contributed by atoms with Crippen molar-refractivity contribution in [2.24, 2.45) is 0 Å². The van der Waals surface area contributed by atoms with Gasteiger partial charge in [0.05, 0.1) is 24.0 Å². The van der Waals surface area contributed by atoms with Crippen LogP contribution in [0, 0.1) is 0 Å². The molecule has 3 aromatic rings. The average molecular weight is 373 g/mol. The Hall–Kier alpha value is -2.47. The zero-order chi connectivity index (χ0) is 16.4. The van der Waals surface area contributed by atoms with Crippen LogP contribution in [0.4, 0.5) is 0 Å². The fourth-order valence-corrected chi connectivity index (χ4v) is 2.71. The highest BCUT2D eigenvalue weighted by Gasteiger charge is 2.13. The quantitative estimate of drug-likeness (QED) is 0.764. The number of aromatic nitrogens is 2. The van der Waals surface area contributed by atoms with Crippen molar-refractivity contribution in [2.75, 3.05) is 0 Å². The second kappa shape index (κ2) is 6.34. The second-order valence-corrected chi connectivity index (χ2v) is 6.07. The second-order valence-electron chi connectivity index (χ2n) is 5.15. The van der Waals surface area contributed by atoms with Crippen LogP contribution in [0.2, 0.25) is 0 Å². The highest BCUT2D eigenvalue weighted by Crippen LogP contribution is 2.15. The largest absolute Gasteiger partial charge is 0.481 e. The van der Waals surface area contributed by atoms with Crippen LogP contribution in [0.1, 0.15) is 11.3 Å². The van der Waals surface area contributed by atoms with Crippen LogP contribution in [0.15, 0.2) is 57.8 Å². The third kappa shape index (κ3) is 3.32. The van der Waals surface area contributed by atoms with E-state index in [2.05, 4.69) is 21.0 Å². The summed E-state index contributed by atoms with van der Waals surface area (Å²) in [5.74, 6) is -0.975. The highest BCUT2D eigenvalue weighted by atomic mass is 79.9. The third-order valence-corrected chi connectivity index (χ3v) is 4.04. The Kier molecular flexibility index (Phi) is 4.25. The van der Waals surface area contributed by atoms with E-state index in [1.807, 2.05) is 24.3 Å². The molecule has 0 aliphatic rings. The lowest BCUT2D eigenvalue weighted by atomic mass is 10.1. The fourth-order valence-electron chi connectivity index (χ4n) is 2.45. The average Bonchev–Trinajstić information content (AvgIpc) is 2.53. The zero-order valence-corrected chi connectivity index (χ0v) is 13.7. The number of hydrogen-bond acceptors (Lipinski definition) is 3. The number of benzene rings is 2. The number of halogens is 1. The van der Waals surface area contributed by atoms with Gasteiger partial charge in [-0.2, -0.15) is 5.10 Å². The molecular formula is C17H13BrN2O3. The zero-order valence-electron chi connectivity index (χ0n) is 12.1. The van der Waals surface area contributed by atoms with Crippen LogP contribution in [0.5, 0.6) is 0 Å². The fraction of sp³-hybridized carbons (Fsp3) is 0.118. The van der Waals surface area contributed by atoms with Crippen molar-refractivity contribution >= 4 is 32.7 Å². The maximum atomic E-state index is 12.6. The Balaban J connectivity index is 2.12. The standard InChI is InChI=1S/C17H13BrN2O3/c18-12-7-5-11(6-8-12)10-20-17(23)14-4-2-1-3-13(14)15(19-20)9-16(21)22/h1-8H,9-10H2,(H,21,22). The van der Waals surface area contributed by atoms with Gasteiger partial charge in [-0.25, -0.2) is 4.68 Å². The molecule has 0 saturated heterocycles. The Morgan fingerprint density at radius 3 is 2.39 bits per heavy atom. The van der Waals surface area contributed by atoms with Crippen LogP contribution < -0.4 is 5.56 Å². The van der Waals surface area contributed by atoms with Crippen molar-refractivity contribution < 1.29 is 9.90 Å². The highest BCUT2D eigenvalue weighted by molar-refractivity contribution is 9.10. The number of aliphatic carboxylic acids is 1. The van der Waals surface area contributed by atoms with E-state index in [-0.39, 0.29) is 12.0 Å². The maximum absolute atomic E-state index is 12.6. The minimum absolute atomic E-state index is 0.221. The number of carboxylic acids is 1. The van der Waals surface area contributed by atoms with Crippen LogP contribution >= 0.6 is 15.9 Å². The summed E-state index contributed by atoms with van der Waals surface area (Å²) >= 11 is 3.37. The summed E-state index contributed by atoms with van der Waals surface area (Å²) in [5, 5.41) is 14.4. The van der Waals surface area contributed by atoms with E-state index >= 15 is 0 Å². The summed E-state index contributed by atoms with van der Waals surface area (Å²) in [7, 11) is 0. The number of rotatable bonds is 4. The summed E-state index contributed by atoms with van der Waals surface area (Å²) in [6, 6.07) is 14.5. The van der Waals surface area contributed by atoms with E-state index in [0.717, 1.165) is 10.0 Å². The molecule has 0 radical (unpaired) electrons. The van der Waals surface area contributed by atoms with Crippen molar-refractivity contribution in [1.29, 1.82) is 0 Å². The molecule has 6 heteroatoms. The first-order valence-corrected chi connectivity index (χ1v) is 7.79. The SMILES string of the molecule is O=C(O)Cc1nn(Cc2ccc(Br)cc2)c(=O)c2ccccc12. The van der Waals surface area contributed by atoms with Gasteiger partial charge in [0.25, 0.3) is 5.56 Å². The lowest BCUT2D eigenvalue weighted by Crippen LogP contribution is -2.26. The van der Waals surface area contributed by atoms with Crippen molar-refractivity contribution in [3.63, 3.8) is 0 Å². The summed E-state index contributed by atoms with van der Waals surface area (Å²) in [6.07, 6.45) is -0.221. The molecule has 0 amide bonds. The minimum atomic E-state index is -0.975. The summed E-state index contributed by atoms with van der Waals surface area (Å²) in [4.78, 5) is 23.7. The first-order chi connectivity index (χ1) is 11.0. The van der Waals surface area contributed by atoms with Crippen molar-refractivity contribution in [3.05, 3.63) is 74.6 Å². The van der Waals surface area contributed by atoms with Gasteiger partial charge in [-0.1, -0.05) is 46.3 Å². The van der Waals surface area contributed by atoms with Crippen LogP contribution in [0.25, 0.3) is 10.8 Å². The van der Waals surface area contributed by atoms with E-state index in [1.165, 1.54) is 4.68 Å². The molecule has 0 atom stereocenters. The molecule has 0 aliphatic carbocycles. The molecule has 0 bridgehead atoms. The van der Waals surface area contributed by atoms with Gasteiger partial charge >= 0.3 is 5.97 Å². The molecule has 0 aliphatic heterocycles. The van der Waals surface area contributed by atoms with E-state index in [0.29, 0.717) is 23.0 Å². The van der Waals surface area contributed by atoms with Crippen molar-refractivity contribution in [3.8, 4) is 0 Å². The monoisotopic (exact) mass is 372 g/mol. The van der Waals surface area contributed by atoms with Crippen LogP contribution in [-0.4, -0.2) is 20.9 Å². The minimum Gasteiger partial charge on any atom is -0.481 e. The van der Waals surface area contributed by atoms with E-state index in [9.17, 15) is 9.59 Å². The summed E-state index contributed by atoms with van der Waals surface area (Å²) in [5.41, 5.74) is 1.09. The molecule has 0 fully saturated rings. The molecule has 0 saturated carbocycles. The number of fused-ring (bicyclic) bond motifs is 1. The van der Waals surface area contributed by atoms with Gasteiger partial charge in [0.15, 0.2) is 0 Å². The van der Waals surface area contributed by atoms with Gasteiger partial charge < -0.3 is 5.11 Å². The maximum Gasteiger partial charge on any atom is 0.309 e. The van der Waals surface area contributed by atoms with Gasteiger partial charge in [-0.3, -0.25) is 9.59 Å². The Bertz CT molecular complexity index is 933. The lowest BCUT2D eigenvalue weighted by molar-refractivity contribution is -0.136. The molecule has 0 spiro atoms. The molecule has 3 rings (SSSR count). The summed E-state index contributed by atoms with van der Waals surface area (Å²) in [6.45, 7) is 0.295. The topological polar surface area (TPSA) is 72.2 Å². The summed E-state index contributed by atoms with van der Waals surface area (Å²) < 4.78 is 2.27. The Morgan fingerprint density at radius 2 is 1.74 bits per heavy atom. The van der Waals surface area contributed by atoms with Crippen molar-refractivity contribution in [2.45, 2.75) is 13.0 Å². The predicted octanol–water partition coefficient (Wildman–Crippen LogP) is 2.83. The molecule has 23 heavy (non-hydrogen) atoms. The number of carboxylic acid groups (broad SMARTS) is 1. The van der Waals surface area contributed by atoms with E-state index < -0.39 is 5.97 Å². The van der Waals surface area contributed by atoms with E-state index in [4.69, 9.17) is 5.11 Å². The van der Waals surface area contributed by atoms with Gasteiger partial charge in [0.1, 0.15) is 0 Å². The first kappa shape index (κ1) is 15.4. The number of hydrogen-bond donors (Lipinski definition) is 1. The first-order valence-electron chi connectivity index (χ1n) is 6.99. The molecular weight excluding hydrogens is 360 g/mol. The molecule has 1 N–H and O–H groups in total. The number of carbonyl (C=O) groups is 1. The van der Waals surface area contributed by atoms with Gasteiger partial charge in [0, 0.05) is 9.86 Å².